The van der Waals surface area contributed by atoms with Crippen LogP contribution in [0, 0.1) is 0 Å². The molecule has 0 aliphatic carbocycles. The number of hydrogen-bond donors (Lipinski definition) is 1. The number of carbonyl (C=O) groups excluding carboxylic acids is 1. The van der Waals surface area contributed by atoms with Crippen molar-refractivity contribution in [3.05, 3.63) is 0 Å². The van der Waals surface area contributed by atoms with E-state index in [1.807, 2.05) is 0 Å². The van der Waals surface area contributed by atoms with Crippen molar-refractivity contribution in [3.63, 3.8) is 0 Å². The fourth-order valence-electron chi connectivity index (χ4n) is 1.38. The van der Waals surface area contributed by atoms with Gasteiger partial charge in [-0.15, -0.1) is 0 Å². The van der Waals surface area contributed by atoms with Gasteiger partial charge in [0.15, 0.2) is 5.78 Å². The summed E-state index contributed by atoms with van der Waals surface area (Å²) < 4.78 is 0. The Balaban J connectivity index is 2.26. The van der Waals surface area contributed by atoms with Crippen LogP contribution in [0.4, 0.5) is 0 Å². The van der Waals surface area contributed by atoms with Crippen molar-refractivity contribution in [1.29, 1.82) is 0 Å². The van der Waals surface area contributed by atoms with Crippen LogP contribution >= 0.6 is 0 Å². The Bertz CT molecular complexity index is 170. The van der Waals surface area contributed by atoms with Gasteiger partial charge in [-0.05, 0) is 14.1 Å². The molecule has 4 nitrogen and oxygen atoms in total. The molecule has 0 aromatic carbocycles. The Morgan fingerprint density at radius 2 is 2.31 bits per heavy atom. The van der Waals surface area contributed by atoms with Gasteiger partial charge >= 0.3 is 0 Å². The first kappa shape index (κ1) is 10.6. The number of Topliss-reactive ketones (excluding diaryl/α,β-unsaturated/α-hetero) is 1. The molecule has 0 amide bonds. The zero-order chi connectivity index (χ0) is 9.68. The van der Waals surface area contributed by atoms with Gasteiger partial charge in [-0.1, -0.05) is 0 Å². The number of ketones is 1. The highest BCUT2D eigenvalue weighted by Crippen LogP contribution is 1.92. The molecule has 0 spiro atoms. The quantitative estimate of drug-likeness (QED) is 0.613. The van der Waals surface area contributed by atoms with Gasteiger partial charge in [0, 0.05) is 26.2 Å². The number of nitrogens with one attached hydrogen (secondary N) is 1. The van der Waals surface area contributed by atoms with E-state index in [0.29, 0.717) is 18.9 Å². The van der Waals surface area contributed by atoms with E-state index in [-0.39, 0.29) is 0 Å². The largest absolute Gasteiger partial charge is 0.309 e. The van der Waals surface area contributed by atoms with Gasteiger partial charge in [0.05, 0.1) is 13.1 Å². The average Bonchev–Trinajstić information content (AvgIpc) is 2.26. The molecule has 1 rings (SSSR count). The number of rotatable bonds is 3. The van der Waals surface area contributed by atoms with E-state index in [1.54, 1.807) is 0 Å². The average molecular weight is 185 g/mol. The minimum Gasteiger partial charge on any atom is -0.309 e. The fraction of sp³-hybridized carbons (Fsp3) is 0.889. The lowest BCUT2D eigenvalue weighted by Gasteiger charge is -2.20. The molecular weight excluding hydrogens is 166 g/mol. The second-order valence-electron chi connectivity index (χ2n) is 3.79. The van der Waals surface area contributed by atoms with Crippen LogP contribution in [-0.4, -0.2) is 68.9 Å². The van der Waals surface area contributed by atoms with Crippen LogP contribution in [0.2, 0.25) is 0 Å². The maximum absolute atomic E-state index is 11.2. The number of carbonyl (C=O) groups is 1. The molecule has 4 heteroatoms. The maximum Gasteiger partial charge on any atom is 0.160 e. The molecule has 1 aliphatic rings. The van der Waals surface area contributed by atoms with Crippen LogP contribution in [0.1, 0.15) is 0 Å². The van der Waals surface area contributed by atoms with Gasteiger partial charge in [0.2, 0.25) is 0 Å². The first-order valence-corrected chi connectivity index (χ1v) is 4.78. The molecule has 76 valence electrons. The summed E-state index contributed by atoms with van der Waals surface area (Å²) >= 11 is 0. The van der Waals surface area contributed by atoms with E-state index >= 15 is 0 Å². The lowest BCUT2D eigenvalue weighted by Crippen LogP contribution is -2.35. The second-order valence-corrected chi connectivity index (χ2v) is 3.79. The summed E-state index contributed by atoms with van der Waals surface area (Å²) in [4.78, 5) is 15.6. The van der Waals surface area contributed by atoms with Crippen LogP contribution in [-0.2, 0) is 4.79 Å². The first-order valence-electron chi connectivity index (χ1n) is 4.78. The van der Waals surface area contributed by atoms with Gasteiger partial charge < -0.3 is 10.2 Å². The van der Waals surface area contributed by atoms with Crippen molar-refractivity contribution >= 4 is 5.78 Å². The Labute approximate surface area is 79.9 Å². The van der Waals surface area contributed by atoms with E-state index in [4.69, 9.17) is 0 Å². The van der Waals surface area contributed by atoms with E-state index in [0.717, 1.165) is 26.2 Å². The third-order valence-corrected chi connectivity index (χ3v) is 2.19. The molecular formula is C9H19N3O. The molecule has 0 aromatic rings. The zero-order valence-corrected chi connectivity index (χ0v) is 8.55. The monoisotopic (exact) mass is 185 g/mol. The van der Waals surface area contributed by atoms with Crippen LogP contribution in [0.3, 0.4) is 0 Å². The molecule has 1 heterocycles. The molecule has 0 bridgehead atoms. The van der Waals surface area contributed by atoms with Crippen LogP contribution in [0.25, 0.3) is 0 Å². The summed E-state index contributed by atoms with van der Waals surface area (Å²) in [5.74, 6) is 0.302. The van der Waals surface area contributed by atoms with Gasteiger partial charge in [0.25, 0.3) is 0 Å². The van der Waals surface area contributed by atoms with Crippen LogP contribution in [0.15, 0.2) is 0 Å². The van der Waals surface area contributed by atoms with E-state index in [2.05, 4.69) is 29.2 Å². The summed E-state index contributed by atoms with van der Waals surface area (Å²) in [7, 11) is 4.11. The highest BCUT2D eigenvalue weighted by molar-refractivity contribution is 5.82. The Kier molecular flexibility index (Phi) is 4.35. The van der Waals surface area contributed by atoms with Crippen molar-refractivity contribution in [2.75, 3.05) is 53.4 Å². The summed E-state index contributed by atoms with van der Waals surface area (Å²) in [6.45, 7) is 5.08. The predicted octanol–water partition coefficient (Wildman–Crippen LogP) is -0.978. The first-order chi connectivity index (χ1) is 6.18. The third kappa shape index (κ3) is 4.36. The Hall–Kier alpha value is -0.450. The van der Waals surface area contributed by atoms with Crippen LogP contribution < -0.4 is 5.32 Å². The molecule has 1 aliphatic heterocycles. The number of nitrogens with zero attached hydrogens (tertiary/aromatic N) is 2. The summed E-state index contributed by atoms with van der Waals surface area (Å²) in [5, 5.41) is 3.11. The van der Waals surface area contributed by atoms with E-state index in [9.17, 15) is 4.79 Å². The number of hydrogen-bond acceptors (Lipinski definition) is 4. The fourth-order valence-corrected chi connectivity index (χ4v) is 1.38. The minimum absolute atomic E-state index is 0.302. The molecule has 13 heavy (non-hydrogen) atoms. The molecule has 0 radical (unpaired) electrons. The predicted molar refractivity (Wildman–Crippen MR) is 52.9 cm³/mol. The SMILES string of the molecule is CN(C)CCN1CCNCC(=O)C1. The van der Waals surface area contributed by atoms with E-state index < -0.39 is 0 Å². The Morgan fingerprint density at radius 1 is 1.54 bits per heavy atom. The third-order valence-electron chi connectivity index (χ3n) is 2.19. The van der Waals surface area contributed by atoms with E-state index in [1.165, 1.54) is 0 Å². The minimum atomic E-state index is 0.302. The molecule has 1 saturated heterocycles. The topological polar surface area (TPSA) is 35.6 Å². The lowest BCUT2D eigenvalue weighted by molar-refractivity contribution is -0.118. The molecule has 1 fully saturated rings. The summed E-state index contributed by atoms with van der Waals surface area (Å²) in [5.41, 5.74) is 0. The van der Waals surface area contributed by atoms with Gasteiger partial charge in [-0.25, -0.2) is 0 Å². The molecule has 1 N–H and O–H groups in total. The highest BCUT2D eigenvalue weighted by atomic mass is 16.1. The zero-order valence-electron chi connectivity index (χ0n) is 8.55. The van der Waals surface area contributed by atoms with Crippen LogP contribution in [0.5, 0.6) is 0 Å². The lowest BCUT2D eigenvalue weighted by atomic mass is 10.3. The summed E-state index contributed by atoms with van der Waals surface area (Å²) in [6, 6.07) is 0. The van der Waals surface area contributed by atoms with Gasteiger partial charge in [-0.2, -0.15) is 0 Å². The van der Waals surface area contributed by atoms with Crippen molar-refractivity contribution in [3.8, 4) is 0 Å². The highest BCUT2D eigenvalue weighted by Gasteiger charge is 2.13. The maximum atomic E-state index is 11.2. The smallest absolute Gasteiger partial charge is 0.160 e. The summed E-state index contributed by atoms with van der Waals surface area (Å²) in [6.07, 6.45) is 0. The van der Waals surface area contributed by atoms with Gasteiger partial charge in [-0.3, -0.25) is 9.69 Å². The van der Waals surface area contributed by atoms with Crippen molar-refractivity contribution in [1.82, 2.24) is 15.1 Å². The molecule has 0 saturated carbocycles. The van der Waals surface area contributed by atoms with Crippen molar-refractivity contribution in [2.24, 2.45) is 0 Å². The normalized spacial score (nSPS) is 20.7. The van der Waals surface area contributed by atoms with Crippen molar-refractivity contribution in [2.45, 2.75) is 0 Å². The molecule has 0 unspecified atom stereocenters. The molecule has 0 atom stereocenters. The second kappa shape index (κ2) is 5.32. The van der Waals surface area contributed by atoms with Crippen molar-refractivity contribution < 1.29 is 4.79 Å². The standard InChI is InChI=1S/C9H19N3O/c1-11(2)5-6-12-4-3-10-7-9(13)8-12/h10H,3-8H2,1-2H3. The number of likely N-dealkylation sites (N-methyl/N-ethyl adjacent to an activating group) is 1. The van der Waals surface area contributed by atoms with Gasteiger partial charge in [0.1, 0.15) is 0 Å². The molecule has 0 aromatic heterocycles. The Morgan fingerprint density at radius 3 is 3.00 bits per heavy atom.